The fraction of sp³-hybridized carbons (Fsp3) is 0.412. The minimum absolute atomic E-state index is 0.0337. The van der Waals surface area contributed by atoms with Gasteiger partial charge in [-0.2, -0.15) is 0 Å². The second-order valence-electron chi connectivity index (χ2n) is 5.87. The molecule has 0 spiro atoms. The highest BCUT2D eigenvalue weighted by Gasteiger charge is 2.25. The molecule has 1 aromatic heterocycles. The Labute approximate surface area is 144 Å². The quantitative estimate of drug-likeness (QED) is 0.922. The first-order valence-corrected chi connectivity index (χ1v) is 8.72. The summed E-state index contributed by atoms with van der Waals surface area (Å²) in [5.41, 5.74) is 0.730. The van der Waals surface area contributed by atoms with Crippen LogP contribution >= 0.6 is 11.3 Å². The summed E-state index contributed by atoms with van der Waals surface area (Å²) in [6, 6.07) is 6.15. The number of thiazole rings is 1. The number of halogens is 1. The van der Waals surface area contributed by atoms with Gasteiger partial charge < -0.3 is 15.0 Å². The molecule has 128 valence electrons. The monoisotopic (exact) mass is 349 g/mol. The van der Waals surface area contributed by atoms with Crippen molar-refractivity contribution in [3.63, 3.8) is 0 Å². The van der Waals surface area contributed by atoms with Crippen molar-refractivity contribution in [2.75, 3.05) is 19.6 Å². The lowest BCUT2D eigenvalue weighted by Gasteiger charge is -2.31. The minimum atomic E-state index is -0.300. The second kappa shape index (κ2) is 7.27. The van der Waals surface area contributed by atoms with Gasteiger partial charge in [-0.3, -0.25) is 4.79 Å². The van der Waals surface area contributed by atoms with Gasteiger partial charge in [0.25, 0.3) is 5.91 Å². The van der Waals surface area contributed by atoms with E-state index in [0.29, 0.717) is 29.8 Å². The van der Waals surface area contributed by atoms with Crippen LogP contribution < -0.4 is 10.1 Å². The number of benzene rings is 1. The molecule has 5 nitrogen and oxygen atoms in total. The van der Waals surface area contributed by atoms with E-state index in [1.807, 2.05) is 11.8 Å². The number of aromatic nitrogens is 1. The molecule has 1 saturated heterocycles. The van der Waals surface area contributed by atoms with E-state index < -0.39 is 0 Å². The number of aryl methyl sites for hydroxylation is 1. The molecule has 1 N–H and O–H groups in total. The number of nitrogens with one attached hydrogen (secondary N) is 1. The standard InChI is InChI=1S/C17H20FN3O2S/c1-11-9-21(8-7-19-11)17(22)16-12(2)20-15(24-16)10-23-14-5-3-13(18)4-6-14/h3-6,11,19H,7-10H2,1-2H3. The van der Waals surface area contributed by atoms with E-state index in [0.717, 1.165) is 17.2 Å². The molecule has 2 heterocycles. The lowest BCUT2D eigenvalue weighted by Crippen LogP contribution is -2.51. The Bertz CT molecular complexity index is 717. The smallest absolute Gasteiger partial charge is 0.265 e. The number of ether oxygens (including phenoxy) is 1. The number of nitrogens with zero attached hydrogens (tertiary/aromatic N) is 2. The van der Waals surface area contributed by atoms with E-state index in [1.165, 1.54) is 23.5 Å². The van der Waals surface area contributed by atoms with E-state index in [2.05, 4.69) is 17.2 Å². The molecular weight excluding hydrogens is 329 g/mol. The molecule has 0 aliphatic carbocycles. The second-order valence-corrected chi connectivity index (χ2v) is 6.95. The van der Waals surface area contributed by atoms with Crippen LogP contribution in [0.3, 0.4) is 0 Å². The van der Waals surface area contributed by atoms with Gasteiger partial charge in [0.2, 0.25) is 0 Å². The highest BCUT2D eigenvalue weighted by molar-refractivity contribution is 7.13. The van der Waals surface area contributed by atoms with E-state index in [1.54, 1.807) is 12.1 Å². The van der Waals surface area contributed by atoms with Crippen LogP contribution in [0.2, 0.25) is 0 Å². The zero-order chi connectivity index (χ0) is 17.1. The van der Waals surface area contributed by atoms with Crippen LogP contribution in [0.1, 0.15) is 27.3 Å². The summed E-state index contributed by atoms with van der Waals surface area (Å²) >= 11 is 1.36. The fourth-order valence-corrected chi connectivity index (χ4v) is 3.59. The first-order valence-electron chi connectivity index (χ1n) is 7.90. The molecule has 1 aliphatic heterocycles. The molecule has 1 fully saturated rings. The Morgan fingerprint density at radius 1 is 1.46 bits per heavy atom. The number of hydrogen-bond acceptors (Lipinski definition) is 5. The third-order valence-corrected chi connectivity index (χ3v) is 4.99. The maximum atomic E-state index is 12.9. The minimum Gasteiger partial charge on any atom is -0.486 e. The number of hydrogen-bond donors (Lipinski definition) is 1. The molecule has 3 rings (SSSR count). The van der Waals surface area contributed by atoms with Crippen LogP contribution in [0.5, 0.6) is 5.75 Å². The maximum Gasteiger partial charge on any atom is 0.265 e. The topological polar surface area (TPSA) is 54.5 Å². The average Bonchev–Trinajstić information content (AvgIpc) is 2.94. The highest BCUT2D eigenvalue weighted by atomic mass is 32.1. The maximum absolute atomic E-state index is 12.9. The number of carbonyl (C=O) groups is 1. The van der Waals surface area contributed by atoms with Crippen molar-refractivity contribution in [3.05, 3.63) is 45.7 Å². The molecular formula is C17H20FN3O2S. The molecule has 1 aliphatic rings. The Morgan fingerprint density at radius 3 is 2.92 bits per heavy atom. The van der Waals surface area contributed by atoms with Crippen molar-refractivity contribution >= 4 is 17.2 Å². The number of piperazine rings is 1. The summed E-state index contributed by atoms with van der Waals surface area (Å²) in [5.74, 6) is 0.310. The number of rotatable bonds is 4. The molecule has 2 aromatic rings. The molecule has 0 saturated carbocycles. The SMILES string of the molecule is Cc1nc(COc2ccc(F)cc2)sc1C(=O)N1CCNC(C)C1. The van der Waals surface area contributed by atoms with E-state index in [4.69, 9.17) is 4.74 Å². The summed E-state index contributed by atoms with van der Waals surface area (Å²) in [6.07, 6.45) is 0. The molecule has 1 unspecified atom stereocenters. The van der Waals surface area contributed by atoms with Crippen LogP contribution in [0.15, 0.2) is 24.3 Å². The van der Waals surface area contributed by atoms with Gasteiger partial charge in [0.05, 0.1) is 5.69 Å². The predicted molar refractivity (Wildman–Crippen MR) is 91.0 cm³/mol. The molecule has 24 heavy (non-hydrogen) atoms. The van der Waals surface area contributed by atoms with Crippen molar-refractivity contribution < 1.29 is 13.9 Å². The summed E-state index contributed by atoms with van der Waals surface area (Å²) < 4.78 is 18.5. The van der Waals surface area contributed by atoms with Crippen LogP contribution in [0.4, 0.5) is 4.39 Å². The molecule has 1 atom stereocenters. The molecule has 7 heteroatoms. The predicted octanol–water partition coefficient (Wildman–Crippen LogP) is 2.60. The van der Waals surface area contributed by atoms with Crippen LogP contribution in [0, 0.1) is 12.7 Å². The molecule has 1 aromatic carbocycles. The zero-order valence-electron chi connectivity index (χ0n) is 13.7. The molecule has 0 bridgehead atoms. The van der Waals surface area contributed by atoms with Gasteiger partial charge in [0.15, 0.2) is 0 Å². The number of amides is 1. The van der Waals surface area contributed by atoms with E-state index in [-0.39, 0.29) is 18.3 Å². The van der Waals surface area contributed by atoms with Crippen molar-refractivity contribution in [1.82, 2.24) is 15.2 Å². The largest absolute Gasteiger partial charge is 0.486 e. The van der Waals surface area contributed by atoms with E-state index in [9.17, 15) is 9.18 Å². The van der Waals surface area contributed by atoms with Gasteiger partial charge in [0, 0.05) is 25.7 Å². The Balaban J connectivity index is 1.66. The summed E-state index contributed by atoms with van der Waals surface area (Å²) in [7, 11) is 0. The zero-order valence-corrected chi connectivity index (χ0v) is 14.5. The Kier molecular flexibility index (Phi) is 5.11. The Hall–Kier alpha value is -1.99. The van der Waals surface area contributed by atoms with Crippen LogP contribution in [-0.2, 0) is 6.61 Å². The molecule has 0 radical (unpaired) electrons. The third-order valence-electron chi connectivity index (χ3n) is 3.87. The lowest BCUT2D eigenvalue weighted by molar-refractivity contribution is 0.0713. The van der Waals surface area contributed by atoms with E-state index >= 15 is 0 Å². The van der Waals surface area contributed by atoms with Crippen molar-refractivity contribution in [3.8, 4) is 5.75 Å². The van der Waals surface area contributed by atoms with Crippen LogP contribution in [-0.4, -0.2) is 41.5 Å². The van der Waals surface area contributed by atoms with Crippen molar-refractivity contribution in [1.29, 1.82) is 0 Å². The first kappa shape index (κ1) is 16.9. The van der Waals surface area contributed by atoms with Gasteiger partial charge in [0.1, 0.15) is 28.1 Å². The van der Waals surface area contributed by atoms with Gasteiger partial charge in [-0.05, 0) is 38.1 Å². The highest BCUT2D eigenvalue weighted by Crippen LogP contribution is 2.22. The Morgan fingerprint density at radius 2 is 2.21 bits per heavy atom. The fourth-order valence-electron chi connectivity index (χ4n) is 2.65. The summed E-state index contributed by atoms with van der Waals surface area (Å²) in [4.78, 5) is 19.6. The molecule has 1 amide bonds. The normalized spacial score (nSPS) is 17.8. The third kappa shape index (κ3) is 3.91. The van der Waals surface area contributed by atoms with Crippen molar-refractivity contribution in [2.45, 2.75) is 26.5 Å². The van der Waals surface area contributed by atoms with Gasteiger partial charge >= 0.3 is 0 Å². The first-order chi connectivity index (χ1) is 11.5. The van der Waals surface area contributed by atoms with Gasteiger partial charge in [-0.15, -0.1) is 11.3 Å². The van der Waals surface area contributed by atoms with Gasteiger partial charge in [-0.1, -0.05) is 0 Å². The summed E-state index contributed by atoms with van der Waals surface area (Å²) in [6.45, 7) is 6.41. The van der Waals surface area contributed by atoms with Crippen molar-refractivity contribution in [2.24, 2.45) is 0 Å². The van der Waals surface area contributed by atoms with Crippen LogP contribution in [0.25, 0.3) is 0 Å². The lowest BCUT2D eigenvalue weighted by atomic mass is 10.2. The number of carbonyl (C=O) groups excluding carboxylic acids is 1. The van der Waals surface area contributed by atoms with Gasteiger partial charge in [-0.25, -0.2) is 9.37 Å². The average molecular weight is 349 g/mol. The summed E-state index contributed by atoms with van der Waals surface area (Å²) in [5, 5.41) is 4.07.